The van der Waals surface area contributed by atoms with E-state index in [-0.39, 0.29) is 40.4 Å². The summed E-state index contributed by atoms with van der Waals surface area (Å²) in [5.41, 5.74) is 5.57. The Balaban J connectivity index is 1.75. The quantitative estimate of drug-likeness (QED) is 0.679. The van der Waals surface area contributed by atoms with E-state index in [0.717, 1.165) is 12.1 Å². The molecule has 0 spiro atoms. The van der Waals surface area contributed by atoms with Crippen LogP contribution in [0.25, 0.3) is 22.4 Å². The zero-order chi connectivity index (χ0) is 22.5. The first kappa shape index (κ1) is 20.8. The largest absolute Gasteiger partial charge is 0.416 e. The topological polar surface area (TPSA) is 102 Å². The number of alkyl halides is 3. The Morgan fingerprint density at radius 3 is 2.58 bits per heavy atom. The Morgan fingerprint density at radius 1 is 1.23 bits per heavy atom. The van der Waals surface area contributed by atoms with Crippen LogP contribution < -0.4 is 5.73 Å². The molecule has 31 heavy (non-hydrogen) atoms. The number of benzene rings is 1. The predicted molar refractivity (Wildman–Crippen MR) is 105 cm³/mol. The summed E-state index contributed by atoms with van der Waals surface area (Å²) >= 11 is 0. The third kappa shape index (κ3) is 3.73. The number of hydrogen-bond donors (Lipinski definition) is 1. The minimum absolute atomic E-state index is 0.0628. The first-order chi connectivity index (χ1) is 14.6. The molecule has 0 atom stereocenters. The molecule has 4 rings (SSSR count). The number of halogens is 3. The monoisotopic (exact) mass is 432 g/mol. The highest BCUT2D eigenvalue weighted by molar-refractivity contribution is 6.07. The van der Waals surface area contributed by atoms with Crippen LogP contribution in [0.1, 0.15) is 34.5 Å². The summed E-state index contributed by atoms with van der Waals surface area (Å²) < 4.78 is 44.6. The molecule has 0 radical (unpaired) electrons. The van der Waals surface area contributed by atoms with Crippen molar-refractivity contribution in [3.05, 3.63) is 47.2 Å². The zero-order valence-corrected chi connectivity index (χ0v) is 16.7. The van der Waals surface area contributed by atoms with Crippen molar-refractivity contribution < 1.29 is 27.3 Å². The average molecular weight is 432 g/mol. The lowest BCUT2D eigenvalue weighted by molar-refractivity contribution is -0.137. The van der Waals surface area contributed by atoms with E-state index in [1.165, 1.54) is 23.1 Å². The van der Waals surface area contributed by atoms with Gasteiger partial charge in [0, 0.05) is 24.6 Å². The number of primary amides is 1. The standard InChI is InChI=1S/C21H19F3N4O3/c1-10-17-15(20(30)28(2)14-7-12(8-14)18(25)29)9-16(26-19(17)31-27-10)11-4-3-5-13(6-11)21(22,23)24/h3-6,9,12,14H,7-8H2,1-2H3,(H2,25,29). The van der Waals surface area contributed by atoms with Gasteiger partial charge in [-0.3, -0.25) is 9.59 Å². The van der Waals surface area contributed by atoms with Crippen LogP contribution in [0.4, 0.5) is 13.2 Å². The van der Waals surface area contributed by atoms with Crippen molar-refractivity contribution in [3.8, 4) is 11.3 Å². The number of pyridine rings is 1. The maximum Gasteiger partial charge on any atom is 0.416 e. The number of carbonyl (C=O) groups excluding carboxylic acids is 2. The molecule has 0 bridgehead atoms. The molecule has 0 aliphatic heterocycles. The Hall–Kier alpha value is -3.43. The molecule has 2 N–H and O–H groups in total. The van der Waals surface area contributed by atoms with Crippen LogP contribution in [0, 0.1) is 12.8 Å². The molecule has 1 aliphatic carbocycles. The molecule has 1 aliphatic rings. The molecule has 2 heterocycles. The molecule has 3 aromatic rings. The van der Waals surface area contributed by atoms with E-state index in [9.17, 15) is 22.8 Å². The number of hydrogen-bond acceptors (Lipinski definition) is 5. The predicted octanol–water partition coefficient (Wildman–Crippen LogP) is 3.55. The zero-order valence-electron chi connectivity index (χ0n) is 16.7. The fourth-order valence-electron chi connectivity index (χ4n) is 3.76. The number of aryl methyl sites for hydroxylation is 1. The highest BCUT2D eigenvalue weighted by Crippen LogP contribution is 2.35. The number of amides is 2. The highest BCUT2D eigenvalue weighted by atomic mass is 19.4. The third-order valence-corrected chi connectivity index (χ3v) is 5.72. The van der Waals surface area contributed by atoms with Gasteiger partial charge in [-0.15, -0.1) is 0 Å². The Morgan fingerprint density at radius 2 is 1.94 bits per heavy atom. The Bertz CT molecular complexity index is 1180. The number of carbonyl (C=O) groups is 2. The normalized spacial score (nSPS) is 18.6. The molecular formula is C21H19F3N4O3. The summed E-state index contributed by atoms with van der Waals surface area (Å²) in [4.78, 5) is 30.3. The van der Waals surface area contributed by atoms with Gasteiger partial charge >= 0.3 is 6.18 Å². The first-order valence-corrected chi connectivity index (χ1v) is 9.57. The van der Waals surface area contributed by atoms with Gasteiger partial charge < -0.3 is 15.2 Å². The summed E-state index contributed by atoms with van der Waals surface area (Å²) in [5.74, 6) is -1.03. The fraction of sp³-hybridized carbons (Fsp3) is 0.333. The first-order valence-electron chi connectivity index (χ1n) is 9.57. The van der Waals surface area contributed by atoms with Crippen LogP contribution in [0.15, 0.2) is 34.9 Å². The van der Waals surface area contributed by atoms with Gasteiger partial charge in [0.15, 0.2) is 0 Å². The Kier molecular flexibility index (Phi) is 4.95. The fourth-order valence-corrected chi connectivity index (χ4v) is 3.76. The second kappa shape index (κ2) is 7.36. The summed E-state index contributed by atoms with van der Waals surface area (Å²) in [5, 5.41) is 4.26. The van der Waals surface area contributed by atoms with Crippen LogP contribution in [0.2, 0.25) is 0 Å². The average Bonchev–Trinajstić information content (AvgIpc) is 3.05. The van der Waals surface area contributed by atoms with Crippen molar-refractivity contribution in [2.24, 2.45) is 11.7 Å². The van der Waals surface area contributed by atoms with Gasteiger partial charge in [0.25, 0.3) is 11.6 Å². The summed E-state index contributed by atoms with van der Waals surface area (Å²) in [7, 11) is 1.61. The van der Waals surface area contributed by atoms with E-state index in [4.69, 9.17) is 10.3 Å². The molecule has 1 fully saturated rings. The van der Waals surface area contributed by atoms with Gasteiger partial charge in [-0.1, -0.05) is 17.3 Å². The highest BCUT2D eigenvalue weighted by Gasteiger charge is 2.38. The van der Waals surface area contributed by atoms with Gasteiger partial charge in [-0.2, -0.15) is 13.2 Å². The number of aromatic nitrogens is 2. The third-order valence-electron chi connectivity index (χ3n) is 5.72. The van der Waals surface area contributed by atoms with Gasteiger partial charge in [-0.25, -0.2) is 4.98 Å². The second-order valence-corrected chi connectivity index (χ2v) is 7.72. The number of nitrogens with two attached hydrogens (primary N) is 1. The van der Waals surface area contributed by atoms with E-state index < -0.39 is 17.6 Å². The van der Waals surface area contributed by atoms with Crippen LogP contribution >= 0.6 is 0 Å². The Labute approximate surface area is 175 Å². The van der Waals surface area contributed by atoms with E-state index in [1.807, 2.05) is 0 Å². The van der Waals surface area contributed by atoms with Gasteiger partial charge in [-0.05, 0) is 38.0 Å². The number of fused-ring (bicyclic) bond motifs is 1. The smallest absolute Gasteiger partial charge is 0.369 e. The summed E-state index contributed by atoms with van der Waals surface area (Å²) in [6.45, 7) is 1.65. The van der Waals surface area contributed by atoms with Crippen LogP contribution in [0.5, 0.6) is 0 Å². The molecule has 0 saturated heterocycles. The molecule has 162 valence electrons. The number of rotatable bonds is 4. The van der Waals surface area contributed by atoms with Gasteiger partial charge in [0.1, 0.15) is 0 Å². The van der Waals surface area contributed by atoms with Crippen molar-refractivity contribution in [1.82, 2.24) is 15.0 Å². The van der Waals surface area contributed by atoms with Crippen molar-refractivity contribution in [2.75, 3.05) is 7.05 Å². The van der Waals surface area contributed by atoms with Crippen LogP contribution in [-0.2, 0) is 11.0 Å². The molecule has 1 aromatic carbocycles. The van der Waals surface area contributed by atoms with E-state index >= 15 is 0 Å². The lowest BCUT2D eigenvalue weighted by Crippen LogP contribution is -2.49. The maximum absolute atomic E-state index is 13.3. The van der Waals surface area contributed by atoms with Crippen LogP contribution in [0.3, 0.4) is 0 Å². The molecule has 1 saturated carbocycles. The lowest BCUT2D eigenvalue weighted by atomic mass is 9.79. The van der Waals surface area contributed by atoms with E-state index in [1.54, 1.807) is 14.0 Å². The van der Waals surface area contributed by atoms with Crippen molar-refractivity contribution in [3.63, 3.8) is 0 Å². The minimum atomic E-state index is -4.51. The lowest BCUT2D eigenvalue weighted by Gasteiger charge is -2.39. The van der Waals surface area contributed by atoms with Crippen molar-refractivity contribution in [1.29, 1.82) is 0 Å². The van der Waals surface area contributed by atoms with E-state index in [0.29, 0.717) is 23.9 Å². The molecule has 2 aromatic heterocycles. The number of nitrogens with zero attached hydrogens (tertiary/aromatic N) is 3. The van der Waals surface area contributed by atoms with Crippen LogP contribution in [-0.4, -0.2) is 39.9 Å². The summed E-state index contributed by atoms with van der Waals surface area (Å²) in [6, 6.07) is 5.98. The molecular weight excluding hydrogens is 413 g/mol. The van der Waals surface area contributed by atoms with Gasteiger partial charge in [0.2, 0.25) is 5.91 Å². The molecule has 10 heteroatoms. The molecule has 2 amide bonds. The van der Waals surface area contributed by atoms with E-state index in [2.05, 4.69) is 10.1 Å². The van der Waals surface area contributed by atoms with Gasteiger partial charge in [0.05, 0.1) is 27.9 Å². The minimum Gasteiger partial charge on any atom is -0.369 e. The molecule has 7 nitrogen and oxygen atoms in total. The maximum atomic E-state index is 13.3. The molecule has 0 unspecified atom stereocenters. The van der Waals surface area contributed by atoms with Crippen molar-refractivity contribution in [2.45, 2.75) is 32.0 Å². The second-order valence-electron chi connectivity index (χ2n) is 7.72. The summed E-state index contributed by atoms with van der Waals surface area (Å²) in [6.07, 6.45) is -3.58. The SMILES string of the molecule is Cc1noc2nc(-c3cccc(C(F)(F)F)c3)cc(C(=O)N(C)C3CC(C(N)=O)C3)c12. The van der Waals surface area contributed by atoms with Crippen molar-refractivity contribution >= 4 is 22.9 Å².